The third-order valence-electron chi connectivity index (χ3n) is 3.91. The number of benzene rings is 1. The highest BCUT2D eigenvalue weighted by molar-refractivity contribution is 9.10. The molecule has 0 bridgehead atoms. The average Bonchev–Trinajstić information content (AvgIpc) is 2.39. The van der Waals surface area contributed by atoms with Crippen LogP contribution >= 0.6 is 15.9 Å². The number of carbonyl (C=O) groups excluding carboxylic acids is 1. The van der Waals surface area contributed by atoms with Gasteiger partial charge in [0.25, 0.3) is 5.91 Å². The van der Waals surface area contributed by atoms with Gasteiger partial charge in [0.1, 0.15) is 0 Å². The van der Waals surface area contributed by atoms with E-state index < -0.39 is 5.60 Å². The molecule has 0 saturated heterocycles. The Morgan fingerprint density at radius 3 is 3.05 bits per heavy atom. The molecule has 2 atom stereocenters. The Hall–Kier alpha value is -1.07. The van der Waals surface area contributed by atoms with Gasteiger partial charge in [-0.15, -0.1) is 0 Å². The summed E-state index contributed by atoms with van der Waals surface area (Å²) in [7, 11) is 0. The van der Waals surface area contributed by atoms with Gasteiger partial charge in [0.15, 0.2) is 0 Å². The first-order chi connectivity index (χ1) is 9.39. The van der Waals surface area contributed by atoms with Crippen LogP contribution in [0.5, 0.6) is 0 Å². The fourth-order valence-corrected chi connectivity index (χ4v) is 3.22. The molecule has 2 unspecified atom stereocenters. The fourth-order valence-electron chi connectivity index (χ4n) is 2.86. The molecular formula is C15H21BrN2O2. The molecule has 1 aromatic carbocycles. The maximum Gasteiger partial charge on any atom is 0.253 e. The van der Waals surface area contributed by atoms with Crippen molar-refractivity contribution in [1.29, 1.82) is 0 Å². The Morgan fingerprint density at radius 2 is 2.35 bits per heavy atom. The Labute approximate surface area is 127 Å². The molecule has 0 spiro atoms. The number of nitrogens with two attached hydrogens (primary N) is 1. The highest BCUT2D eigenvalue weighted by Crippen LogP contribution is 2.31. The van der Waals surface area contributed by atoms with Crippen molar-refractivity contribution in [3.63, 3.8) is 0 Å². The SMILES string of the molecule is CC1CCCC(O)(CNC(=O)c2cc(Br)ccc2N)C1. The van der Waals surface area contributed by atoms with Gasteiger partial charge in [0.05, 0.1) is 11.2 Å². The van der Waals surface area contributed by atoms with Crippen LogP contribution in [0.1, 0.15) is 43.0 Å². The zero-order chi connectivity index (χ0) is 14.8. The lowest BCUT2D eigenvalue weighted by Gasteiger charge is -2.35. The van der Waals surface area contributed by atoms with Crippen LogP contribution in [0.3, 0.4) is 0 Å². The molecule has 4 N–H and O–H groups in total. The summed E-state index contributed by atoms with van der Waals surface area (Å²) in [6.45, 7) is 2.42. The van der Waals surface area contributed by atoms with Crippen LogP contribution in [0, 0.1) is 5.92 Å². The molecule has 1 fully saturated rings. The van der Waals surface area contributed by atoms with E-state index in [1.165, 1.54) is 0 Å². The van der Waals surface area contributed by atoms with E-state index in [-0.39, 0.29) is 12.5 Å². The van der Waals surface area contributed by atoms with Gasteiger partial charge in [0, 0.05) is 16.7 Å². The van der Waals surface area contributed by atoms with Crippen molar-refractivity contribution in [3.05, 3.63) is 28.2 Å². The first kappa shape index (κ1) is 15.3. The first-order valence-electron chi connectivity index (χ1n) is 6.95. The number of rotatable bonds is 3. The lowest BCUT2D eigenvalue weighted by atomic mass is 9.79. The van der Waals surface area contributed by atoms with Crippen molar-refractivity contribution >= 4 is 27.5 Å². The predicted molar refractivity (Wildman–Crippen MR) is 83.5 cm³/mol. The third kappa shape index (κ3) is 3.73. The highest BCUT2D eigenvalue weighted by atomic mass is 79.9. The van der Waals surface area contributed by atoms with E-state index in [9.17, 15) is 9.90 Å². The Balaban J connectivity index is 1.99. The summed E-state index contributed by atoms with van der Waals surface area (Å²) in [5.74, 6) is 0.261. The van der Waals surface area contributed by atoms with Gasteiger partial charge >= 0.3 is 0 Å². The molecule has 0 aliphatic heterocycles. The molecule has 1 saturated carbocycles. The van der Waals surface area contributed by atoms with Gasteiger partial charge in [-0.3, -0.25) is 4.79 Å². The Morgan fingerprint density at radius 1 is 1.60 bits per heavy atom. The second-order valence-corrected chi connectivity index (χ2v) is 6.76. The van der Waals surface area contributed by atoms with Crippen LogP contribution in [0.2, 0.25) is 0 Å². The number of hydrogen-bond acceptors (Lipinski definition) is 3. The minimum absolute atomic E-state index is 0.240. The molecule has 1 aromatic rings. The minimum Gasteiger partial charge on any atom is -0.398 e. The van der Waals surface area contributed by atoms with E-state index in [1.54, 1.807) is 18.2 Å². The highest BCUT2D eigenvalue weighted by Gasteiger charge is 2.33. The van der Waals surface area contributed by atoms with E-state index in [0.717, 1.165) is 30.2 Å². The fraction of sp³-hybridized carbons (Fsp3) is 0.533. The van der Waals surface area contributed by atoms with Crippen molar-refractivity contribution in [1.82, 2.24) is 5.32 Å². The van der Waals surface area contributed by atoms with E-state index in [1.807, 2.05) is 0 Å². The van der Waals surface area contributed by atoms with Crippen molar-refractivity contribution in [3.8, 4) is 0 Å². The number of carbonyl (C=O) groups is 1. The topological polar surface area (TPSA) is 75.3 Å². The van der Waals surface area contributed by atoms with Crippen molar-refractivity contribution in [2.45, 2.75) is 38.2 Å². The van der Waals surface area contributed by atoms with Gasteiger partial charge in [-0.1, -0.05) is 35.7 Å². The number of anilines is 1. The van der Waals surface area contributed by atoms with E-state index >= 15 is 0 Å². The van der Waals surface area contributed by atoms with Crippen LogP contribution in [0.4, 0.5) is 5.69 Å². The number of amides is 1. The quantitative estimate of drug-likeness (QED) is 0.740. The summed E-state index contributed by atoms with van der Waals surface area (Å²) in [5.41, 5.74) is 5.90. The van der Waals surface area contributed by atoms with E-state index in [4.69, 9.17) is 5.73 Å². The maximum absolute atomic E-state index is 12.2. The van der Waals surface area contributed by atoms with Crippen molar-refractivity contribution < 1.29 is 9.90 Å². The van der Waals surface area contributed by atoms with E-state index in [0.29, 0.717) is 17.2 Å². The van der Waals surface area contributed by atoms with Gasteiger partial charge < -0.3 is 16.2 Å². The average molecular weight is 341 g/mol. The number of nitrogens with one attached hydrogen (secondary N) is 1. The number of halogens is 1. The van der Waals surface area contributed by atoms with Crippen LogP contribution in [-0.4, -0.2) is 23.2 Å². The molecule has 0 aromatic heterocycles. The summed E-state index contributed by atoms with van der Waals surface area (Å²) >= 11 is 3.33. The van der Waals surface area contributed by atoms with Gasteiger partial charge in [-0.2, -0.15) is 0 Å². The number of hydrogen-bond donors (Lipinski definition) is 3. The normalized spacial score (nSPS) is 26.2. The molecule has 20 heavy (non-hydrogen) atoms. The minimum atomic E-state index is -0.784. The molecule has 1 amide bonds. The molecule has 1 aliphatic carbocycles. The molecule has 4 nitrogen and oxygen atoms in total. The summed E-state index contributed by atoms with van der Waals surface area (Å²) in [4.78, 5) is 12.2. The van der Waals surface area contributed by atoms with Crippen LogP contribution in [-0.2, 0) is 0 Å². The van der Waals surface area contributed by atoms with Crippen molar-refractivity contribution in [2.75, 3.05) is 12.3 Å². The molecule has 0 radical (unpaired) electrons. The molecule has 2 rings (SSSR count). The largest absolute Gasteiger partial charge is 0.398 e. The van der Waals surface area contributed by atoms with Crippen LogP contribution < -0.4 is 11.1 Å². The number of nitrogen functional groups attached to an aromatic ring is 1. The standard InChI is InChI=1S/C15H21BrN2O2/c1-10-3-2-6-15(20,8-10)9-18-14(19)12-7-11(16)4-5-13(12)17/h4-5,7,10,20H,2-3,6,8-9,17H2,1H3,(H,18,19). The van der Waals surface area contributed by atoms with Gasteiger partial charge in [-0.05, 0) is 37.0 Å². The molecule has 0 heterocycles. The van der Waals surface area contributed by atoms with Gasteiger partial charge in [-0.25, -0.2) is 0 Å². The lowest BCUT2D eigenvalue weighted by Crippen LogP contribution is -2.45. The second-order valence-electron chi connectivity index (χ2n) is 5.84. The van der Waals surface area contributed by atoms with E-state index in [2.05, 4.69) is 28.2 Å². The molecule has 110 valence electrons. The third-order valence-corrected chi connectivity index (χ3v) is 4.40. The monoisotopic (exact) mass is 340 g/mol. The molecule has 5 heteroatoms. The summed E-state index contributed by atoms with van der Waals surface area (Å²) in [6, 6.07) is 5.18. The maximum atomic E-state index is 12.2. The van der Waals surface area contributed by atoms with Crippen molar-refractivity contribution in [2.24, 2.45) is 5.92 Å². The van der Waals surface area contributed by atoms with Crippen LogP contribution in [0.15, 0.2) is 22.7 Å². The summed E-state index contributed by atoms with van der Waals surface area (Å²) in [5, 5.41) is 13.3. The Bertz CT molecular complexity index is 507. The van der Waals surface area contributed by atoms with Gasteiger partial charge in [0.2, 0.25) is 0 Å². The summed E-state index contributed by atoms with van der Waals surface area (Å²) in [6.07, 6.45) is 3.63. The first-order valence-corrected chi connectivity index (χ1v) is 7.74. The zero-order valence-corrected chi connectivity index (χ0v) is 13.2. The predicted octanol–water partition coefficient (Wildman–Crippen LogP) is 2.70. The number of aliphatic hydroxyl groups is 1. The molecular weight excluding hydrogens is 320 g/mol. The van der Waals surface area contributed by atoms with Crippen LogP contribution in [0.25, 0.3) is 0 Å². The smallest absolute Gasteiger partial charge is 0.253 e. The molecule has 1 aliphatic rings. The second kappa shape index (κ2) is 6.14. The zero-order valence-electron chi connectivity index (χ0n) is 11.7. The Kier molecular flexibility index (Phi) is 4.70. The lowest BCUT2D eigenvalue weighted by molar-refractivity contribution is -0.0109. The summed E-state index contributed by atoms with van der Waals surface area (Å²) < 4.78 is 0.807.